The predicted molar refractivity (Wildman–Crippen MR) is 71.6 cm³/mol. The molecule has 16 heavy (non-hydrogen) atoms. The standard InChI is InChI=1S/C13H19BrN2/c1-10-3-4-13(14)12(7-10)9-16-6-5-15-11(2)8-16/h3-4,7,11,15H,5-6,8-9H2,1-2H3/t11-/m0/s1. The van der Waals surface area contributed by atoms with E-state index in [1.54, 1.807) is 0 Å². The van der Waals surface area contributed by atoms with Crippen LogP contribution in [-0.4, -0.2) is 30.6 Å². The summed E-state index contributed by atoms with van der Waals surface area (Å²) in [6.45, 7) is 8.83. The molecule has 1 aliphatic heterocycles. The van der Waals surface area contributed by atoms with E-state index in [9.17, 15) is 0 Å². The summed E-state index contributed by atoms with van der Waals surface area (Å²) >= 11 is 3.63. The van der Waals surface area contributed by atoms with Crippen LogP contribution in [0.2, 0.25) is 0 Å². The van der Waals surface area contributed by atoms with Gasteiger partial charge in [-0.1, -0.05) is 33.6 Å². The number of nitrogens with one attached hydrogen (secondary N) is 1. The van der Waals surface area contributed by atoms with Gasteiger partial charge in [0.2, 0.25) is 0 Å². The zero-order valence-corrected chi connectivity index (χ0v) is 11.5. The van der Waals surface area contributed by atoms with E-state index in [2.05, 4.69) is 58.2 Å². The summed E-state index contributed by atoms with van der Waals surface area (Å²) in [6, 6.07) is 7.18. The van der Waals surface area contributed by atoms with Crippen LogP contribution in [0, 0.1) is 6.92 Å². The van der Waals surface area contributed by atoms with Crippen molar-refractivity contribution in [3.63, 3.8) is 0 Å². The molecule has 1 aliphatic rings. The van der Waals surface area contributed by atoms with Crippen LogP contribution in [0.5, 0.6) is 0 Å². The van der Waals surface area contributed by atoms with Gasteiger partial charge in [0, 0.05) is 36.7 Å². The number of aryl methyl sites for hydroxylation is 1. The molecule has 0 aliphatic carbocycles. The SMILES string of the molecule is Cc1ccc(Br)c(CN2CCN[C@@H](C)C2)c1. The lowest BCUT2D eigenvalue weighted by Crippen LogP contribution is -2.48. The molecule has 0 bridgehead atoms. The summed E-state index contributed by atoms with van der Waals surface area (Å²) in [5, 5.41) is 3.47. The highest BCUT2D eigenvalue weighted by molar-refractivity contribution is 9.10. The highest BCUT2D eigenvalue weighted by atomic mass is 79.9. The van der Waals surface area contributed by atoms with Crippen molar-refractivity contribution in [2.24, 2.45) is 0 Å². The molecule has 0 spiro atoms. The first kappa shape index (κ1) is 12.1. The first-order valence-electron chi connectivity index (χ1n) is 5.86. The van der Waals surface area contributed by atoms with E-state index in [4.69, 9.17) is 0 Å². The summed E-state index contributed by atoms with van der Waals surface area (Å²) in [6.07, 6.45) is 0. The second kappa shape index (κ2) is 5.30. The Morgan fingerprint density at radius 2 is 2.31 bits per heavy atom. The lowest BCUT2D eigenvalue weighted by Gasteiger charge is -2.32. The average molecular weight is 283 g/mol. The fourth-order valence-corrected chi connectivity index (χ4v) is 2.59. The minimum Gasteiger partial charge on any atom is -0.312 e. The van der Waals surface area contributed by atoms with Gasteiger partial charge in [-0.15, -0.1) is 0 Å². The van der Waals surface area contributed by atoms with Crippen molar-refractivity contribution in [3.05, 3.63) is 33.8 Å². The van der Waals surface area contributed by atoms with Gasteiger partial charge in [0.05, 0.1) is 0 Å². The summed E-state index contributed by atoms with van der Waals surface area (Å²) in [5.74, 6) is 0. The number of rotatable bonds is 2. The van der Waals surface area contributed by atoms with E-state index >= 15 is 0 Å². The Balaban J connectivity index is 2.05. The summed E-state index contributed by atoms with van der Waals surface area (Å²) in [5.41, 5.74) is 2.73. The molecule has 1 saturated heterocycles. The number of hydrogen-bond acceptors (Lipinski definition) is 2. The fourth-order valence-electron chi connectivity index (χ4n) is 2.22. The quantitative estimate of drug-likeness (QED) is 0.897. The Morgan fingerprint density at radius 3 is 3.06 bits per heavy atom. The lowest BCUT2D eigenvalue weighted by atomic mass is 10.1. The van der Waals surface area contributed by atoms with Gasteiger partial charge >= 0.3 is 0 Å². The molecule has 1 N–H and O–H groups in total. The molecule has 3 heteroatoms. The van der Waals surface area contributed by atoms with Crippen LogP contribution < -0.4 is 5.32 Å². The molecule has 2 nitrogen and oxygen atoms in total. The first-order chi connectivity index (χ1) is 7.65. The van der Waals surface area contributed by atoms with E-state index in [1.165, 1.54) is 15.6 Å². The van der Waals surface area contributed by atoms with Crippen molar-refractivity contribution in [2.75, 3.05) is 19.6 Å². The maximum absolute atomic E-state index is 3.63. The number of nitrogens with zero attached hydrogens (tertiary/aromatic N) is 1. The minimum absolute atomic E-state index is 0.609. The summed E-state index contributed by atoms with van der Waals surface area (Å²) in [7, 11) is 0. The summed E-state index contributed by atoms with van der Waals surface area (Å²) in [4.78, 5) is 2.51. The van der Waals surface area contributed by atoms with Crippen molar-refractivity contribution < 1.29 is 0 Å². The highest BCUT2D eigenvalue weighted by Gasteiger charge is 2.16. The van der Waals surface area contributed by atoms with Gasteiger partial charge < -0.3 is 5.32 Å². The third kappa shape index (κ3) is 3.06. The Bertz CT molecular complexity index is 365. The summed E-state index contributed by atoms with van der Waals surface area (Å²) < 4.78 is 1.23. The molecule has 1 aromatic rings. The number of benzene rings is 1. The third-order valence-electron chi connectivity index (χ3n) is 3.05. The van der Waals surface area contributed by atoms with Crippen molar-refractivity contribution in [3.8, 4) is 0 Å². The average Bonchev–Trinajstić information content (AvgIpc) is 2.24. The largest absolute Gasteiger partial charge is 0.312 e. The number of halogens is 1. The minimum atomic E-state index is 0.609. The number of hydrogen-bond donors (Lipinski definition) is 1. The third-order valence-corrected chi connectivity index (χ3v) is 3.82. The predicted octanol–water partition coefficient (Wildman–Crippen LogP) is 2.55. The molecule has 1 fully saturated rings. The van der Waals surface area contributed by atoms with E-state index in [1.807, 2.05) is 0 Å². The second-order valence-electron chi connectivity index (χ2n) is 4.69. The maximum Gasteiger partial charge on any atom is 0.0246 e. The molecule has 88 valence electrons. The zero-order valence-electron chi connectivity index (χ0n) is 9.96. The van der Waals surface area contributed by atoms with Gasteiger partial charge in [0.15, 0.2) is 0 Å². The van der Waals surface area contributed by atoms with Crippen LogP contribution in [0.15, 0.2) is 22.7 Å². The van der Waals surface area contributed by atoms with Crippen LogP contribution in [0.1, 0.15) is 18.1 Å². The Morgan fingerprint density at radius 1 is 1.50 bits per heavy atom. The van der Waals surface area contributed by atoms with Crippen LogP contribution in [0.3, 0.4) is 0 Å². The van der Waals surface area contributed by atoms with Gasteiger partial charge in [-0.25, -0.2) is 0 Å². The molecule has 1 aromatic carbocycles. The van der Waals surface area contributed by atoms with Gasteiger partial charge in [0.25, 0.3) is 0 Å². The van der Waals surface area contributed by atoms with Crippen LogP contribution >= 0.6 is 15.9 Å². The van der Waals surface area contributed by atoms with Crippen molar-refractivity contribution in [1.82, 2.24) is 10.2 Å². The lowest BCUT2D eigenvalue weighted by molar-refractivity contribution is 0.199. The van der Waals surface area contributed by atoms with Gasteiger partial charge in [0.1, 0.15) is 0 Å². The zero-order chi connectivity index (χ0) is 11.5. The second-order valence-corrected chi connectivity index (χ2v) is 5.54. The molecule has 2 rings (SSSR count). The molecule has 0 saturated carbocycles. The molecule has 0 amide bonds. The van der Waals surface area contributed by atoms with E-state index in [0.29, 0.717) is 6.04 Å². The monoisotopic (exact) mass is 282 g/mol. The number of piperazine rings is 1. The molecule has 0 radical (unpaired) electrons. The van der Waals surface area contributed by atoms with E-state index in [-0.39, 0.29) is 0 Å². The Kier molecular flexibility index (Phi) is 4.00. The molecule has 1 heterocycles. The molecule has 0 unspecified atom stereocenters. The van der Waals surface area contributed by atoms with E-state index in [0.717, 1.165) is 26.2 Å². The van der Waals surface area contributed by atoms with Gasteiger partial charge in [-0.2, -0.15) is 0 Å². The molecule has 1 atom stereocenters. The van der Waals surface area contributed by atoms with Crippen LogP contribution in [0.4, 0.5) is 0 Å². The van der Waals surface area contributed by atoms with Gasteiger partial charge in [-0.05, 0) is 25.5 Å². The maximum atomic E-state index is 3.63. The van der Waals surface area contributed by atoms with Crippen molar-refractivity contribution >= 4 is 15.9 Å². The van der Waals surface area contributed by atoms with Gasteiger partial charge in [-0.3, -0.25) is 4.90 Å². The molecular weight excluding hydrogens is 264 g/mol. The molecular formula is C13H19BrN2. The first-order valence-corrected chi connectivity index (χ1v) is 6.65. The smallest absolute Gasteiger partial charge is 0.0246 e. The van der Waals surface area contributed by atoms with Crippen LogP contribution in [0.25, 0.3) is 0 Å². The van der Waals surface area contributed by atoms with Crippen LogP contribution in [-0.2, 0) is 6.54 Å². The highest BCUT2D eigenvalue weighted by Crippen LogP contribution is 2.20. The Hall–Kier alpha value is -0.380. The van der Waals surface area contributed by atoms with E-state index < -0.39 is 0 Å². The topological polar surface area (TPSA) is 15.3 Å². The normalized spacial score (nSPS) is 22.3. The van der Waals surface area contributed by atoms with Crippen molar-refractivity contribution in [2.45, 2.75) is 26.4 Å². The fraction of sp³-hybridized carbons (Fsp3) is 0.538. The molecule has 0 aromatic heterocycles. The van der Waals surface area contributed by atoms with Crippen molar-refractivity contribution in [1.29, 1.82) is 0 Å². The Labute approximate surface area is 106 Å².